The minimum atomic E-state index is -0.532. The molecular formula is C47H31N3. The molecule has 3 heterocycles. The Morgan fingerprint density at radius 3 is 1.90 bits per heavy atom. The normalized spacial score (nSPS) is 13.6. The number of aromatic nitrogens is 3. The van der Waals surface area contributed by atoms with Crippen molar-refractivity contribution in [1.29, 1.82) is 0 Å². The summed E-state index contributed by atoms with van der Waals surface area (Å²) >= 11 is 0. The first-order valence-electron chi connectivity index (χ1n) is 17.0. The van der Waals surface area contributed by atoms with Gasteiger partial charge in [0.1, 0.15) is 0 Å². The molecule has 0 fully saturated rings. The van der Waals surface area contributed by atoms with Crippen molar-refractivity contribution in [2.75, 3.05) is 0 Å². The number of rotatable bonds is 5. The van der Waals surface area contributed by atoms with E-state index < -0.39 is 5.41 Å². The molecule has 234 valence electrons. The van der Waals surface area contributed by atoms with Gasteiger partial charge in [-0.1, -0.05) is 147 Å². The van der Waals surface area contributed by atoms with Crippen LogP contribution < -0.4 is 0 Å². The first-order valence-corrected chi connectivity index (χ1v) is 17.0. The van der Waals surface area contributed by atoms with E-state index in [0.717, 1.165) is 28.1 Å². The Hall–Kier alpha value is -6.58. The molecule has 1 spiro atoms. The fraction of sp³-hybridized carbons (Fsp3) is 0.0213. The van der Waals surface area contributed by atoms with Crippen molar-refractivity contribution in [2.45, 2.75) is 5.41 Å². The summed E-state index contributed by atoms with van der Waals surface area (Å²) in [6.45, 7) is 8.03. The van der Waals surface area contributed by atoms with Gasteiger partial charge >= 0.3 is 0 Å². The Labute approximate surface area is 290 Å². The van der Waals surface area contributed by atoms with E-state index in [4.69, 9.17) is 9.97 Å². The zero-order chi connectivity index (χ0) is 33.4. The number of hydrogen-bond acceptors (Lipinski definition) is 2. The third-order valence-electron chi connectivity index (χ3n) is 10.5. The summed E-state index contributed by atoms with van der Waals surface area (Å²) in [6.07, 6.45) is 5.48. The van der Waals surface area contributed by atoms with Gasteiger partial charge in [0.25, 0.3) is 0 Å². The fourth-order valence-corrected chi connectivity index (χ4v) is 8.57. The average molecular weight is 638 g/mol. The molecule has 2 aromatic heterocycles. The Bertz CT molecular complexity index is 2700. The highest BCUT2D eigenvalue weighted by atomic mass is 15.0. The second-order valence-electron chi connectivity index (χ2n) is 13.0. The number of nitrogens with zero attached hydrogens (tertiary/aromatic N) is 3. The SMILES string of the molecule is C=C/C=C(\C=C)c1nc(-c2ccccc2)cc(-c2cc3c4c(c2)c2ccccc2n4-c2ccccc2C32c3ccccc3-c3ccccc32)n1. The zero-order valence-electron chi connectivity index (χ0n) is 27.3. The van der Waals surface area contributed by atoms with Gasteiger partial charge in [-0.15, -0.1) is 0 Å². The Morgan fingerprint density at radius 1 is 0.560 bits per heavy atom. The average Bonchev–Trinajstić information content (AvgIpc) is 3.67. The topological polar surface area (TPSA) is 30.7 Å². The molecule has 3 heteroatoms. The molecule has 0 atom stereocenters. The molecule has 0 amide bonds. The quantitative estimate of drug-likeness (QED) is 0.176. The van der Waals surface area contributed by atoms with E-state index in [9.17, 15) is 0 Å². The molecule has 0 unspecified atom stereocenters. The van der Waals surface area contributed by atoms with Crippen LogP contribution in [0.25, 0.3) is 66.7 Å². The van der Waals surface area contributed by atoms with Crippen LogP contribution in [-0.2, 0) is 5.41 Å². The molecule has 0 radical (unpaired) electrons. The van der Waals surface area contributed by atoms with Crippen LogP contribution in [0.4, 0.5) is 0 Å². The fourth-order valence-electron chi connectivity index (χ4n) is 8.57. The van der Waals surface area contributed by atoms with Crippen molar-refractivity contribution >= 4 is 27.4 Å². The van der Waals surface area contributed by atoms with Crippen LogP contribution in [0.2, 0.25) is 0 Å². The molecule has 0 bridgehead atoms. The van der Waals surface area contributed by atoms with Crippen molar-refractivity contribution in [2.24, 2.45) is 0 Å². The minimum absolute atomic E-state index is 0.532. The van der Waals surface area contributed by atoms with Crippen LogP contribution in [0.1, 0.15) is 28.1 Å². The van der Waals surface area contributed by atoms with E-state index in [1.54, 1.807) is 12.2 Å². The molecule has 0 saturated carbocycles. The van der Waals surface area contributed by atoms with E-state index in [1.165, 1.54) is 60.9 Å². The maximum absolute atomic E-state index is 5.25. The molecule has 0 N–H and O–H groups in total. The first-order chi connectivity index (χ1) is 24.7. The van der Waals surface area contributed by atoms with Crippen LogP contribution >= 0.6 is 0 Å². The van der Waals surface area contributed by atoms with Gasteiger partial charge in [-0.25, -0.2) is 9.97 Å². The monoisotopic (exact) mass is 637 g/mol. The van der Waals surface area contributed by atoms with Crippen LogP contribution in [-0.4, -0.2) is 14.5 Å². The molecule has 2 aliphatic rings. The maximum Gasteiger partial charge on any atom is 0.160 e. The molecule has 6 aromatic carbocycles. The van der Waals surface area contributed by atoms with Crippen molar-refractivity contribution in [3.8, 4) is 39.3 Å². The lowest BCUT2D eigenvalue weighted by molar-refractivity contribution is 0.748. The lowest BCUT2D eigenvalue weighted by Crippen LogP contribution is -2.33. The van der Waals surface area contributed by atoms with Gasteiger partial charge in [-0.2, -0.15) is 0 Å². The van der Waals surface area contributed by atoms with Crippen LogP contribution in [0, 0.1) is 0 Å². The van der Waals surface area contributed by atoms with Gasteiger partial charge in [0.2, 0.25) is 0 Å². The third kappa shape index (κ3) is 3.75. The predicted molar refractivity (Wildman–Crippen MR) is 206 cm³/mol. The van der Waals surface area contributed by atoms with Crippen LogP contribution in [0.5, 0.6) is 0 Å². The predicted octanol–water partition coefficient (Wildman–Crippen LogP) is 11.3. The number of benzene rings is 6. The van der Waals surface area contributed by atoms with Crippen molar-refractivity contribution in [1.82, 2.24) is 14.5 Å². The molecule has 3 nitrogen and oxygen atoms in total. The highest BCUT2D eigenvalue weighted by molar-refractivity contribution is 6.14. The van der Waals surface area contributed by atoms with Gasteiger partial charge in [0, 0.05) is 27.5 Å². The summed E-state index contributed by atoms with van der Waals surface area (Å²) in [4.78, 5) is 10.3. The van der Waals surface area contributed by atoms with Gasteiger partial charge in [0.15, 0.2) is 5.82 Å². The van der Waals surface area contributed by atoms with Crippen molar-refractivity contribution < 1.29 is 0 Å². The summed E-state index contributed by atoms with van der Waals surface area (Å²) in [5.41, 5.74) is 15.4. The second kappa shape index (κ2) is 10.7. The van der Waals surface area contributed by atoms with Gasteiger partial charge < -0.3 is 4.57 Å². The highest BCUT2D eigenvalue weighted by Crippen LogP contribution is 2.61. The largest absolute Gasteiger partial charge is 0.309 e. The summed E-state index contributed by atoms with van der Waals surface area (Å²) < 4.78 is 2.48. The van der Waals surface area contributed by atoms with E-state index in [1.807, 2.05) is 24.3 Å². The van der Waals surface area contributed by atoms with E-state index >= 15 is 0 Å². The highest BCUT2D eigenvalue weighted by Gasteiger charge is 2.50. The molecule has 0 saturated heterocycles. The Balaban J connectivity index is 1.38. The Morgan fingerprint density at radius 2 is 1.18 bits per heavy atom. The lowest BCUT2D eigenvalue weighted by atomic mass is 9.65. The summed E-state index contributed by atoms with van der Waals surface area (Å²) in [7, 11) is 0. The number of hydrogen-bond donors (Lipinski definition) is 0. The third-order valence-corrected chi connectivity index (χ3v) is 10.5. The Kier molecular flexibility index (Phi) is 6.09. The van der Waals surface area contributed by atoms with E-state index in [0.29, 0.717) is 5.82 Å². The molecule has 1 aliphatic heterocycles. The second-order valence-corrected chi connectivity index (χ2v) is 13.0. The molecule has 1 aliphatic carbocycles. The smallest absolute Gasteiger partial charge is 0.160 e. The number of allylic oxidation sites excluding steroid dienone is 4. The van der Waals surface area contributed by atoms with E-state index in [2.05, 4.69) is 145 Å². The van der Waals surface area contributed by atoms with Gasteiger partial charge in [-0.05, 0) is 63.7 Å². The molecular weight excluding hydrogens is 607 g/mol. The number of fused-ring (bicyclic) bond motifs is 12. The van der Waals surface area contributed by atoms with Gasteiger partial charge in [0.05, 0.1) is 33.5 Å². The minimum Gasteiger partial charge on any atom is -0.309 e. The first kappa shape index (κ1) is 28.4. The molecule has 50 heavy (non-hydrogen) atoms. The molecule has 10 rings (SSSR count). The lowest BCUT2D eigenvalue weighted by Gasteiger charge is -2.39. The van der Waals surface area contributed by atoms with Crippen molar-refractivity contribution in [3.05, 3.63) is 205 Å². The van der Waals surface area contributed by atoms with Gasteiger partial charge in [-0.3, -0.25) is 0 Å². The summed E-state index contributed by atoms with van der Waals surface area (Å²) in [6, 6.07) is 52.8. The zero-order valence-corrected chi connectivity index (χ0v) is 27.3. The standard InChI is InChI=1S/C47H31N3/c1-3-16-30(4-2)46-48-41(31-17-6-5-7-18-31)29-42(49-46)32-27-36-35-21-10-14-25-43(35)50-44-26-15-13-24-39(44)47(40(28-32)45(36)50)37-22-11-8-19-33(37)34-20-9-12-23-38(34)47/h3-29H,1-2H2/b30-16+. The van der Waals surface area contributed by atoms with Crippen molar-refractivity contribution in [3.63, 3.8) is 0 Å². The van der Waals surface area contributed by atoms with E-state index in [-0.39, 0.29) is 0 Å². The summed E-state index contributed by atoms with van der Waals surface area (Å²) in [5, 5.41) is 2.42. The summed E-state index contributed by atoms with van der Waals surface area (Å²) in [5.74, 6) is 0.615. The van der Waals surface area contributed by atoms with Crippen LogP contribution in [0.3, 0.4) is 0 Å². The number of para-hydroxylation sites is 2. The van der Waals surface area contributed by atoms with Crippen LogP contribution in [0.15, 0.2) is 177 Å². The maximum atomic E-state index is 5.25. The molecule has 8 aromatic rings.